The van der Waals surface area contributed by atoms with Gasteiger partial charge in [0.15, 0.2) is 0 Å². The van der Waals surface area contributed by atoms with E-state index in [4.69, 9.17) is 10.5 Å². The fraction of sp³-hybridized carbons (Fsp3) is 0.846. The van der Waals surface area contributed by atoms with Crippen LogP contribution in [0, 0.1) is 0 Å². The van der Waals surface area contributed by atoms with Crippen molar-refractivity contribution < 1.29 is 14.3 Å². The van der Waals surface area contributed by atoms with Crippen molar-refractivity contribution in [2.45, 2.75) is 45.3 Å². The smallest absolute Gasteiger partial charge is 0.246 e. The predicted molar refractivity (Wildman–Crippen MR) is 72.5 cm³/mol. The number of hydrogen-bond acceptors (Lipinski definition) is 4. The lowest BCUT2D eigenvalue weighted by atomic mass is 10.1. The molecule has 6 nitrogen and oxygen atoms in total. The summed E-state index contributed by atoms with van der Waals surface area (Å²) in [6.45, 7) is 7.72. The normalized spacial score (nSPS) is 18.3. The fourth-order valence-corrected chi connectivity index (χ4v) is 2.01. The van der Waals surface area contributed by atoms with Gasteiger partial charge in [0.05, 0.1) is 12.1 Å². The molecule has 6 heteroatoms. The molecule has 0 spiro atoms. The third-order valence-electron chi connectivity index (χ3n) is 2.97. The van der Waals surface area contributed by atoms with Crippen LogP contribution in [0.4, 0.5) is 0 Å². The van der Waals surface area contributed by atoms with E-state index in [9.17, 15) is 9.59 Å². The molecule has 0 aromatic rings. The predicted octanol–water partition coefficient (Wildman–Crippen LogP) is -0.133. The van der Waals surface area contributed by atoms with Crippen molar-refractivity contribution in [3.8, 4) is 0 Å². The Hall–Kier alpha value is -1.14. The van der Waals surface area contributed by atoms with E-state index in [1.807, 2.05) is 25.7 Å². The first-order chi connectivity index (χ1) is 8.76. The van der Waals surface area contributed by atoms with E-state index in [0.29, 0.717) is 6.54 Å². The fourth-order valence-electron chi connectivity index (χ4n) is 2.01. The molecule has 1 aliphatic heterocycles. The standard InChI is InChI=1S/C13H25N3O3/c1-13(2,3)19-9-12(18)15-10-4-6-16(7-5-10)8-11(14)17/h10H,4-9H2,1-3H3,(H2,14,17)(H,15,18). The molecule has 1 fully saturated rings. The summed E-state index contributed by atoms with van der Waals surface area (Å²) >= 11 is 0. The first kappa shape index (κ1) is 15.9. The number of primary amides is 1. The molecule has 3 N–H and O–H groups in total. The van der Waals surface area contributed by atoms with Gasteiger partial charge in [0.25, 0.3) is 0 Å². The zero-order valence-electron chi connectivity index (χ0n) is 12.1. The Morgan fingerprint density at radius 1 is 1.32 bits per heavy atom. The van der Waals surface area contributed by atoms with Crippen LogP contribution in [0.5, 0.6) is 0 Å². The van der Waals surface area contributed by atoms with Gasteiger partial charge in [-0.15, -0.1) is 0 Å². The number of hydrogen-bond donors (Lipinski definition) is 2. The largest absolute Gasteiger partial charge is 0.369 e. The lowest BCUT2D eigenvalue weighted by Crippen LogP contribution is -2.47. The molecule has 2 amide bonds. The summed E-state index contributed by atoms with van der Waals surface area (Å²) in [6, 6.07) is 0.167. The van der Waals surface area contributed by atoms with Crippen molar-refractivity contribution >= 4 is 11.8 Å². The molecule has 0 radical (unpaired) electrons. The van der Waals surface area contributed by atoms with Crippen LogP contribution < -0.4 is 11.1 Å². The molecule has 19 heavy (non-hydrogen) atoms. The molecular weight excluding hydrogens is 246 g/mol. The van der Waals surface area contributed by atoms with Crippen LogP contribution in [-0.4, -0.2) is 54.6 Å². The van der Waals surface area contributed by atoms with Crippen LogP contribution in [0.25, 0.3) is 0 Å². The van der Waals surface area contributed by atoms with Gasteiger partial charge in [-0.25, -0.2) is 0 Å². The minimum atomic E-state index is -0.305. The van der Waals surface area contributed by atoms with E-state index in [1.54, 1.807) is 0 Å². The van der Waals surface area contributed by atoms with Crippen LogP contribution in [0.2, 0.25) is 0 Å². The van der Waals surface area contributed by atoms with Crippen molar-refractivity contribution in [2.75, 3.05) is 26.2 Å². The minimum Gasteiger partial charge on any atom is -0.369 e. The maximum atomic E-state index is 11.7. The van der Waals surface area contributed by atoms with E-state index in [2.05, 4.69) is 5.32 Å². The van der Waals surface area contributed by atoms with Gasteiger partial charge in [0.1, 0.15) is 6.61 Å². The van der Waals surface area contributed by atoms with Gasteiger partial charge in [-0.1, -0.05) is 0 Å². The molecular formula is C13H25N3O3. The van der Waals surface area contributed by atoms with Gasteiger partial charge in [-0.05, 0) is 33.6 Å². The third-order valence-corrected chi connectivity index (χ3v) is 2.97. The summed E-state index contributed by atoms with van der Waals surface area (Å²) in [5, 5.41) is 2.96. The average Bonchev–Trinajstić information content (AvgIpc) is 2.28. The van der Waals surface area contributed by atoms with Gasteiger partial charge in [0.2, 0.25) is 11.8 Å². The third kappa shape index (κ3) is 7.12. The van der Waals surface area contributed by atoms with Gasteiger partial charge < -0.3 is 15.8 Å². The van der Waals surface area contributed by atoms with Crippen LogP contribution in [-0.2, 0) is 14.3 Å². The van der Waals surface area contributed by atoms with Crippen molar-refractivity contribution in [3.63, 3.8) is 0 Å². The summed E-state index contributed by atoms with van der Waals surface area (Å²) < 4.78 is 5.42. The second-order valence-corrected chi connectivity index (χ2v) is 5.99. The lowest BCUT2D eigenvalue weighted by Gasteiger charge is -2.31. The topological polar surface area (TPSA) is 84.7 Å². The number of nitrogens with one attached hydrogen (secondary N) is 1. The van der Waals surface area contributed by atoms with Crippen LogP contribution in [0.15, 0.2) is 0 Å². The Bertz CT molecular complexity index is 318. The van der Waals surface area contributed by atoms with E-state index >= 15 is 0 Å². The van der Waals surface area contributed by atoms with E-state index in [-0.39, 0.29) is 30.1 Å². The summed E-state index contributed by atoms with van der Waals surface area (Å²) in [5.74, 6) is -0.385. The second kappa shape index (κ2) is 6.86. The summed E-state index contributed by atoms with van der Waals surface area (Å²) in [4.78, 5) is 24.5. The monoisotopic (exact) mass is 271 g/mol. The van der Waals surface area contributed by atoms with Gasteiger partial charge in [-0.3, -0.25) is 14.5 Å². The van der Waals surface area contributed by atoms with Gasteiger partial charge in [0, 0.05) is 19.1 Å². The SMILES string of the molecule is CC(C)(C)OCC(=O)NC1CCN(CC(N)=O)CC1. The minimum absolute atomic E-state index is 0.0803. The highest BCUT2D eigenvalue weighted by atomic mass is 16.5. The highest BCUT2D eigenvalue weighted by molar-refractivity contribution is 5.77. The highest BCUT2D eigenvalue weighted by Crippen LogP contribution is 2.10. The molecule has 1 aliphatic rings. The van der Waals surface area contributed by atoms with Crippen LogP contribution in [0.1, 0.15) is 33.6 Å². The summed E-state index contributed by atoms with van der Waals surface area (Å²) in [5.41, 5.74) is 4.85. The molecule has 1 rings (SSSR count). The zero-order chi connectivity index (χ0) is 14.5. The molecule has 0 unspecified atom stereocenters. The first-order valence-electron chi connectivity index (χ1n) is 6.70. The highest BCUT2D eigenvalue weighted by Gasteiger charge is 2.22. The van der Waals surface area contributed by atoms with Crippen molar-refractivity contribution in [1.82, 2.24) is 10.2 Å². The average molecular weight is 271 g/mol. The van der Waals surface area contributed by atoms with Crippen molar-refractivity contribution in [1.29, 1.82) is 0 Å². The number of nitrogens with zero attached hydrogens (tertiary/aromatic N) is 1. The number of carbonyl (C=O) groups excluding carboxylic acids is 2. The van der Waals surface area contributed by atoms with Gasteiger partial charge in [-0.2, -0.15) is 0 Å². The number of ether oxygens (including phenoxy) is 1. The molecule has 0 aromatic heterocycles. The molecule has 1 heterocycles. The van der Waals surface area contributed by atoms with Crippen LogP contribution >= 0.6 is 0 Å². The number of rotatable bonds is 5. The van der Waals surface area contributed by atoms with Gasteiger partial charge >= 0.3 is 0 Å². The Labute approximate surface area is 114 Å². The summed E-state index contributed by atoms with van der Waals surface area (Å²) in [6.07, 6.45) is 1.68. The Morgan fingerprint density at radius 3 is 2.37 bits per heavy atom. The lowest BCUT2D eigenvalue weighted by molar-refractivity contribution is -0.131. The second-order valence-electron chi connectivity index (χ2n) is 5.99. The van der Waals surface area contributed by atoms with Crippen molar-refractivity contribution in [2.24, 2.45) is 5.73 Å². The molecule has 0 bridgehead atoms. The number of nitrogens with two attached hydrogens (primary N) is 1. The molecule has 0 aromatic carbocycles. The quantitative estimate of drug-likeness (QED) is 0.729. The van der Waals surface area contributed by atoms with Crippen molar-refractivity contribution in [3.05, 3.63) is 0 Å². The number of likely N-dealkylation sites (tertiary alicyclic amines) is 1. The molecule has 1 saturated heterocycles. The number of amides is 2. The first-order valence-corrected chi connectivity index (χ1v) is 6.70. The van der Waals surface area contributed by atoms with E-state index in [1.165, 1.54) is 0 Å². The molecule has 0 atom stereocenters. The Morgan fingerprint density at radius 2 is 1.89 bits per heavy atom. The molecule has 0 aliphatic carbocycles. The Kier molecular flexibility index (Phi) is 5.75. The zero-order valence-corrected chi connectivity index (χ0v) is 12.1. The Balaban J connectivity index is 2.21. The molecule has 110 valence electrons. The van der Waals surface area contributed by atoms with E-state index in [0.717, 1.165) is 25.9 Å². The van der Waals surface area contributed by atoms with Crippen LogP contribution in [0.3, 0.4) is 0 Å². The molecule has 0 saturated carbocycles. The number of carbonyl (C=O) groups is 2. The maximum absolute atomic E-state index is 11.7. The number of piperidine rings is 1. The summed E-state index contributed by atoms with van der Waals surface area (Å²) in [7, 11) is 0. The maximum Gasteiger partial charge on any atom is 0.246 e. The van der Waals surface area contributed by atoms with E-state index < -0.39 is 0 Å².